The number of aryl methyl sites for hydroxylation is 1. The highest BCUT2D eigenvalue weighted by Gasteiger charge is 2.15. The molecule has 0 saturated carbocycles. The lowest BCUT2D eigenvalue weighted by Crippen LogP contribution is -2.28. The summed E-state index contributed by atoms with van der Waals surface area (Å²) in [7, 11) is 0. The van der Waals surface area contributed by atoms with Gasteiger partial charge in [0.15, 0.2) is 0 Å². The van der Waals surface area contributed by atoms with Crippen LogP contribution in [0.4, 0.5) is 0 Å². The predicted octanol–water partition coefficient (Wildman–Crippen LogP) is 3.25. The van der Waals surface area contributed by atoms with Crippen LogP contribution in [0.1, 0.15) is 25.0 Å². The van der Waals surface area contributed by atoms with Gasteiger partial charge in [-0.3, -0.25) is 0 Å². The maximum Gasteiger partial charge on any atom is 0.140 e. The maximum absolute atomic E-state index is 4.60. The van der Waals surface area contributed by atoms with Crippen LogP contribution in [0.15, 0.2) is 36.5 Å². The second-order valence-electron chi connectivity index (χ2n) is 5.72. The quantitative estimate of drug-likeness (QED) is 0.923. The molecule has 20 heavy (non-hydrogen) atoms. The van der Waals surface area contributed by atoms with E-state index >= 15 is 0 Å². The Morgan fingerprint density at radius 1 is 1.20 bits per heavy atom. The van der Waals surface area contributed by atoms with Crippen molar-refractivity contribution in [1.82, 2.24) is 14.9 Å². The van der Waals surface area contributed by atoms with E-state index in [1.165, 1.54) is 43.6 Å². The van der Waals surface area contributed by atoms with Gasteiger partial charge in [0, 0.05) is 24.0 Å². The molecule has 1 N–H and O–H groups in total. The summed E-state index contributed by atoms with van der Waals surface area (Å²) in [5, 5.41) is 3.44. The summed E-state index contributed by atoms with van der Waals surface area (Å²) in [5.74, 6) is 1.97. The first kappa shape index (κ1) is 13.4. The van der Waals surface area contributed by atoms with E-state index in [0.717, 1.165) is 18.3 Å². The first-order chi connectivity index (χ1) is 9.84. The lowest BCUT2D eigenvalue weighted by molar-refractivity contribution is 0.337. The Morgan fingerprint density at radius 3 is 2.70 bits per heavy atom. The summed E-state index contributed by atoms with van der Waals surface area (Å²) in [6.45, 7) is 5.60. The van der Waals surface area contributed by atoms with E-state index in [-0.39, 0.29) is 0 Å². The third-order valence-corrected chi connectivity index (χ3v) is 4.31. The highest BCUT2D eigenvalue weighted by Crippen LogP contribution is 2.22. The molecule has 0 aliphatic carbocycles. The Balaban J connectivity index is 1.74. The van der Waals surface area contributed by atoms with Crippen molar-refractivity contribution in [2.24, 2.45) is 5.92 Å². The van der Waals surface area contributed by atoms with Crippen LogP contribution < -0.4 is 5.32 Å². The Hall–Kier alpha value is -1.61. The van der Waals surface area contributed by atoms with E-state index in [1.54, 1.807) is 0 Å². The van der Waals surface area contributed by atoms with Crippen molar-refractivity contribution in [3.8, 4) is 11.4 Å². The summed E-state index contributed by atoms with van der Waals surface area (Å²) < 4.78 is 2.37. The third-order valence-electron chi connectivity index (χ3n) is 4.31. The fourth-order valence-corrected chi connectivity index (χ4v) is 3.04. The molecule has 1 aliphatic heterocycles. The van der Waals surface area contributed by atoms with Crippen LogP contribution >= 0.6 is 0 Å². The van der Waals surface area contributed by atoms with E-state index in [4.69, 9.17) is 0 Å². The lowest BCUT2D eigenvalue weighted by atomic mass is 9.94. The molecular weight excluding hydrogens is 246 g/mol. The van der Waals surface area contributed by atoms with Crippen molar-refractivity contribution in [3.05, 3.63) is 42.2 Å². The van der Waals surface area contributed by atoms with Crippen molar-refractivity contribution in [1.29, 1.82) is 0 Å². The second kappa shape index (κ2) is 6.23. The Kier molecular flexibility index (Phi) is 4.16. The van der Waals surface area contributed by atoms with Gasteiger partial charge in [-0.15, -0.1) is 0 Å². The van der Waals surface area contributed by atoms with Crippen LogP contribution in [0.25, 0.3) is 11.4 Å². The van der Waals surface area contributed by atoms with Crippen molar-refractivity contribution < 1.29 is 0 Å². The van der Waals surface area contributed by atoms with Crippen molar-refractivity contribution in [2.75, 3.05) is 13.1 Å². The molecule has 3 rings (SSSR count). The number of rotatable bonds is 4. The van der Waals surface area contributed by atoms with Gasteiger partial charge in [0.1, 0.15) is 5.82 Å². The summed E-state index contributed by atoms with van der Waals surface area (Å²) in [6, 6.07) is 10.5. The number of hydrogen-bond donors (Lipinski definition) is 1. The van der Waals surface area contributed by atoms with E-state index in [1.807, 2.05) is 6.20 Å². The molecule has 1 aromatic heterocycles. The highest BCUT2D eigenvalue weighted by atomic mass is 15.1. The molecule has 1 aromatic carbocycles. The van der Waals surface area contributed by atoms with Gasteiger partial charge in [0.25, 0.3) is 0 Å². The van der Waals surface area contributed by atoms with Crippen molar-refractivity contribution >= 4 is 0 Å². The second-order valence-corrected chi connectivity index (χ2v) is 5.72. The van der Waals surface area contributed by atoms with E-state index in [9.17, 15) is 0 Å². The molecule has 0 amide bonds. The van der Waals surface area contributed by atoms with Crippen LogP contribution in [0, 0.1) is 12.8 Å². The van der Waals surface area contributed by atoms with Crippen LogP contribution in [0.5, 0.6) is 0 Å². The molecule has 0 bridgehead atoms. The van der Waals surface area contributed by atoms with Gasteiger partial charge in [-0.25, -0.2) is 4.98 Å². The average molecular weight is 269 g/mol. The van der Waals surface area contributed by atoms with Crippen LogP contribution in [-0.4, -0.2) is 22.6 Å². The molecule has 0 spiro atoms. The Bertz CT molecular complexity index is 539. The van der Waals surface area contributed by atoms with E-state index in [2.05, 4.69) is 52.1 Å². The summed E-state index contributed by atoms with van der Waals surface area (Å²) in [4.78, 5) is 4.60. The smallest absolute Gasteiger partial charge is 0.140 e. The molecule has 0 atom stereocenters. The molecule has 0 unspecified atom stereocenters. The largest absolute Gasteiger partial charge is 0.328 e. The highest BCUT2D eigenvalue weighted by molar-refractivity contribution is 5.55. The average Bonchev–Trinajstić information content (AvgIpc) is 2.88. The zero-order valence-corrected chi connectivity index (χ0v) is 12.2. The molecule has 3 nitrogen and oxygen atoms in total. The fourth-order valence-electron chi connectivity index (χ4n) is 3.04. The third kappa shape index (κ3) is 2.93. The first-order valence-electron chi connectivity index (χ1n) is 7.63. The summed E-state index contributed by atoms with van der Waals surface area (Å²) in [6.07, 6.45) is 5.88. The lowest BCUT2D eigenvalue weighted by Gasteiger charge is -2.23. The van der Waals surface area contributed by atoms with Gasteiger partial charge >= 0.3 is 0 Å². The molecule has 106 valence electrons. The molecule has 1 saturated heterocycles. The molecule has 0 radical (unpaired) electrons. The van der Waals surface area contributed by atoms with E-state index in [0.29, 0.717) is 0 Å². The zero-order valence-electron chi connectivity index (χ0n) is 12.2. The van der Waals surface area contributed by atoms with Gasteiger partial charge in [-0.2, -0.15) is 0 Å². The Labute approximate surface area is 121 Å². The number of piperidine rings is 1. The van der Waals surface area contributed by atoms with Crippen molar-refractivity contribution in [3.63, 3.8) is 0 Å². The molecule has 1 aliphatic rings. The molecule has 3 heteroatoms. The molecule has 1 fully saturated rings. The first-order valence-corrected chi connectivity index (χ1v) is 7.63. The number of aromatic nitrogens is 2. The maximum atomic E-state index is 4.60. The SMILES string of the molecule is Cc1cnc(-c2ccccc2)n1CCC1CCNCC1. The minimum Gasteiger partial charge on any atom is -0.328 e. The monoisotopic (exact) mass is 269 g/mol. The minimum absolute atomic E-state index is 0.863. The minimum atomic E-state index is 0.863. The number of imidazole rings is 1. The van der Waals surface area contributed by atoms with Gasteiger partial charge in [-0.1, -0.05) is 30.3 Å². The molecular formula is C17H23N3. The standard InChI is InChI=1S/C17H23N3/c1-14-13-19-17(16-5-3-2-4-6-16)20(14)12-9-15-7-10-18-11-8-15/h2-6,13,15,18H,7-12H2,1H3. The van der Waals surface area contributed by atoms with Crippen LogP contribution in [0.3, 0.4) is 0 Å². The van der Waals surface area contributed by atoms with Crippen LogP contribution in [0.2, 0.25) is 0 Å². The fraction of sp³-hybridized carbons (Fsp3) is 0.471. The van der Waals surface area contributed by atoms with Gasteiger partial charge in [0.2, 0.25) is 0 Å². The van der Waals surface area contributed by atoms with E-state index < -0.39 is 0 Å². The summed E-state index contributed by atoms with van der Waals surface area (Å²) in [5.41, 5.74) is 2.48. The van der Waals surface area contributed by atoms with Gasteiger partial charge < -0.3 is 9.88 Å². The van der Waals surface area contributed by atoms with Crippen molar-refractivity contribution in [2.45, 2.75) is 32.7 Å². The number of nitrogens with one attached hydrogen (secondary N) is 1. The Morgan fingerprint density at radius 2 is 1.95 bits per heavy atom. The number of hydrogen-bond acceptors (Lipinski definition) is 2. The normalized spacial score (nSPS) is 16.4. The molecule has 2 heterocycles. The molecule has 2 aromatic rings. The van der Waals surface area contributed by atoms with Gasteiger partial charge in [0.05, 0.1) is 0 Å². The van der Waals surface area contributed by atoms with Crippen LogP contribution in [-0.2, 0) is 6.54 Å². The topological polar surface area (TPSA) is 29.9 Å². The number of nitrogens with zero attached hydrogens (tertiary/aromatic N) is 2. The predicted molar refractivity (Wildman–Crippen MR) is 82.6 cm³/mol. The van der Waals surface area contributed by atoms with Gasteiger partial charge in [-0.05, 0) is 45.2 Å². The number of benzene rings is 1. The zero-order chi connectivity index (χ0) is 13.8. The summed E-state index contributed by atoms with van der Waals surface area (Å²) >= 11 is 0.